The molecule has 0 radical (unpaired) electrons. The molecule has 2 aromatic carbocycles. The molecule has 2 bridgehead atoms. The van der Waals surface area contributed by atoms with Gasteiger partial charge in [-0.1, -0.05) is 38.8 Å². The lowest BCUT2D eigenvalue weighted by molar-refractivity contribution is 0.367. The number of hydrogen-bond acceptors (Lipinski definition) is 4. The highest BCUT2D eigenvalue weighted by Gasteiger charge is 2.51. The number of phenols is 2. The van der Waals surface area contributed by atoms with Gasteiger partial charge in [0.05, 0.1) is 11.6 Å². The standard InChI is InChI=1S/C29H38N2O2/c1-3-5-7-21-9-11-26(32)24(15-21)19-30-28-17-23-13-14-29(28,18-23)31-20-25-16-22(8-6-4-2)10-12-27(25)33/h9-12,15-16,19-20,23,28,32-33H,3-8,13-14,17-18H2,1-2H3. The van der Waals surface area contributed by atoms with Crippen LogP contribution < -0.4 is 0 Å². The lowest BCUT2D eigenvalue weighted by Crippen LogP contribution is -2.34. The van der Waals surface area contributed by atoms with Gasteiger partial charge in [0.25, 0.3) is 0 Å². The molecule has 2 fully saturated rings. The summed E-state index contributed by atoms with van der Waals surface area (Å²) in [5.41, 5.74) is 3.90. The second-order valence-corrected chi connectivity index (χ2v) is 9.99. The lowest BCUT2D eigenvalue weighted by atomic mass is 9.89. The van der Waals surface area contributed by atoms with Crippen LogP contribution in [0.15, 0.2) is 46.4 Å². The third-order valence-electron chi connectivity index (χ3n) is 7.48. The van der Waals surface area contributed by atoms with E-state index < -0.39 is 0 Å². The third kappa shape index (κ3) is 5.48. The summed E-state index contributed by atoms with van der Waals surface area (Å²) in [5, 5.41) is 20.7. The van der Waals surface area contributed by atoms with Crippen molar-refractivity contribution in [2.75, 3.05) is 0 Å². The highest BCUT2D eigenvalue weighted by Crippen LogP contribution is 2.51. The maximum Gasteiger partial charge on any atom is 0.124 e. The molecule has 4 nitrogen and oxygen atoms in total. The lowest BCUT2D eigenvalue weighted by Gasteiger charge is -2.28. The molecule has 0 spiro atoms. The SMILES string of the molecule is CCCCc1ccc(O)c(C=NC2CC3CCC2(N=Cc2cc(CCCC)ccc2O)C3)c1. The van der Waals surface area contributed by atoms with Crippen molar-refractivity contribution < 1.29 is 10.2 Å². The highest BCUT2D eigenvalue weighted by atomic mass is 16.3. The van der Waals surface area contributed by atoms with Crippen molar-refractivity contribution in [1.29, 1.82) is 0 Å². The molecule has 3 unspecified atom stereocenters. The summed E-state index contributed by atoms with van der Waals surface area (Å²) >= 11 is 0. The van der Waals surface area contributed by atoms with E-state index in [-0.39, 0.29) is 23.1 Å². The van der Waals surface area contributed by atoms with E-state index in [0.717, 1.165) is 68.9 Å². The van der Waals surface area contributed by atoms with Crippen molar-refractivity contribution in [1.82, 2.24) is 0 Å². The summed E-state index contributed by atoms with van der Waals surface area (Å²) in [6.45, 7) is 4.39. The monoisotopic (exact) mass is 446 g/mol. The molecule has 2 saturated carbocycles. The highest BCUT2D eigenvalue weighted by molar-refractivity contribution is 5.85. The fourth-order valence-corrected chi connectivity index (χ4v) is 5.46. The zero-order valence-corrected chi connectivity index (χ0v) is 20.1. The molecular weight excluding hydrogens is 408 g/mol. The molecule has 0 aromatic heterocycles. The molecule has 2 aromatic rings. The van der Waals surface area contributed by atoms with E-state index in [1.54, 1.807) is 12.1 Å². The van der Waals surface area contributed by atoms with Gasteiger partial charge in [-0.05, 0) is 92.7 Å². The minimum absolute atomic E-state index is 0.122. The summed E-state index contributed by atoms with van der Waals surface area (Å²) in [6.07, 6.45) is 14.7. The van der Waals surface area contributed by atoms with Crippen LogP contribution in [0.2, 0.25) is 0 Å². The smallest absolute Gasteiger partial charge is 0.124 e. The van der Waals surface area contributed by atoms with Crippen LogP contribution in [0, 0.1) is 5.92 Å². The predicted molar refractivity (Wildman–Crippen MR) is 137 cm³/mol. The molecule has 4 rings (SSSR count). The van der Waals surface area contributed by atoms with Crippen LogP contribution in [-0.2, 0) is 12.8 Å². The number of unbranched alkanes of at least 4 members (excludes halogenated alkanes) is 2. The number of aromatic hydroxyl groups is 2. The van der Waals surface area contributed by atoms with Crippen molar-refractivity contribution in [3.05, 3.63) is 58.7 Å². The fraction of sp³-hybridized carbons (Fsp3) is 0.517. The fourth-order valence-electron chi connectivity index (χ4n) is 5.46. The van der Waals surface area contributed by atoms with Gasteiger partial charge in [0.1, 0.15) is 11.5 Å². The molecule has 0 heterocycles. The van der Waals surface area contributed by atoms with Gasteiger partial charge in [-0.15, -0.1) is 0 Å². The molecule has 0 amide bonds. The molecule has 2 N–H and O–H groups in total. The number of rotatable bonds is 10. The van der Waals surface area contributed by atoms with E-state index in [0.29, 0.717) is 5.92 Å². The Morgan fingerprint density at radius 2 is 1.52 bits per heavy atom. The van der Waals surface area contributed by atoms with E-state index in [9.17, 15) is 10.2 Å². The van der Waals surface area contributed by atoms with Gasteiger partial charge in [0.2, 0.25) is 0 Å². The Balaban J connectivity index is 1.53. The van der Waals surface area contributed by atoms with Gasteiger partial charge in [-0.3, -0.25) is 9.98 Å². The largest absolute Gasteiger partial charge is 0.507 e. The van der Waals surface area contributed by atoms with Gasteiger partial charge in [0, 0.05) is 23.6 Å². The first-order valence-corrected chi connectivity index (χ1v) is 12.7. The van der Waals surface area contributed by atoms with Crippen molar-refractivity contribution >= 4 is 12.4 Å². The third-order valence-corrected chi connectivity index (χ3v) is 7.48. The predicted octanol–water partition coefficient (Wildman–Crippen LogP) is 6.63. The summed E-state index contributed by atoms with van der Waals surface area (Å²) in [7, 11) is 0. The Kier molecular flexibility index (Phi) is 7.52. The van der Waals surface area contributed by atoms with Crippen LogP contribution in [0.5, 0.6) is 11.5 Å². The second kappa shape index (κ2) is 10.5. The maximum atomic E-state index is 10.4. The molecule has 2 aliphatic carbocycles. The van der Waals surface area contributed by atoms with Gasteiger partial charge < -0.3 is 10.2 Å². The van der Waals surface area contributed by atoms with E-state index >= 15 is 0 Å². The van der Waals surface area contributed by atoms with Gasteiger partial charge >= 0.3 is 0 Å². The Morgan fingerprint density at radius 1 is 0.909 bits per heavy atom. The van der Waals surface area contributed by atoms with E-state index in [2.05, 4.69) is 26.0 Å². The van der Waals surface area contributed by atoms with E-state index in [4.69, 9.17) is 9.98 Å². The Morgan fingerprint density at radius 3 is 2.09 bits per heavy atom. The Labute approximate surface area is 198 Å². The van der Waals surface area contributed by atoms with Crippen LogP contribution in [0.1, 0.15) is 87.5 Å². The normalized spacial score (nSPS) is 24.4. The van der Waals surface area contributed by atoms with Gasteiger partial charge in [-0.2, -0.15) is 0 Å². The van der Waals surface area contributed by atoms with Crippen molar-refractivity contribution in [2.45, 2.75) is 89.6 Å². The number of fused-ring (bicyclic) bond motifs is 2. The molecule has 0 saturated heterocycles. The van der Waals surface area contributed by atoms with Crippen LogP contribution in [-0.4, -0.2) is 34.2 Å². The first-order chi connectivity index (χ1) is 16.0. The molecule has 3 atom stereocenters. The average Bonchev–Trinajstić information content (AvgIpc) is 3.40. The first-order valence-electron chi connectivity index (χ1n) is 12.7. The molecular formula is C29H38N2O2. The number of hydrogen-bond donors (Lipinski definition) is 2. The van der Waals surface area contributed by atoms with E-state index in [1.165, 1.54) is 17.5 Å². The minimum atomic E-state index is -0.192. The zero-order valence-electron chi connectivity index (χ0n) is 20.1. The Hall–Kier alpha value is -2.62. The van der Waals surface area contributed by atoms with Crippen LogP contribution in [0.4, 0.5) is 0 Å². The summed E-state index contributed by atoms with van der Waals surface area (Å²) in [4.78, 5) is 10.0. The van der Waals surface area contributed by atoms with E-state index in [1.807, 2.05) is 24.6 Å². The number of aliphatic imine (C=N–C) groups is 2. The summed E-state index contributed by atoms with van der Waals surface area (Å²) in [5.74, 6) is 1.24. The second-order valence-electron chi connectivity index (χ2n) is 9.99. The number of aryl methyl sites for hydroxylation is 2. The van der Waals surface area contributed by atoms with Crippen molar-refractivity contribution in [3.63, 3.8) is 0 Å². The zero-order chi connectivity index (χ0) is 23.3. The summed E-state index contributed by atoms with van der Waals surface area (Å²) < 4.78 is 0. The molecule has 0 aliphatic heterocycles. The first kappa shape index (κ1) is 23.5. The van der Waals surface area contributed by atoms with Crippen molar-refractivity contribution in [2.24, 2.45) is 15.9 Å². The van der Waals surface area contributed by atoms with Crippen molar-refractivity contribution in [3.8, 4) is 11.5 Å². The average molecular weight is 447 g/mol. The van der Waals surface area contributed by atoms with Crippen LogP contribution >= 0.6 is 0 Å². The molecule has 4 heteroatoms. The van der Waals surface area contributed by atoms with Gasteiger partial charge in [-0.25, -0.2) is 0 Å². The molecule has 2 aliphatic rings. The maximum absolute atomic E-state index is 10.4. The minimum Gasteiger partial charge on any atom is -0.507 e. The number of benzene rings is 2. The van der Waals surface area contributed by atoms with Crippen LogP contribution in [0.25, 0.3) is 0 Å². The quantitative estimate of drug-likeness (QED) is 0.402. The molecule has 176 valence electrons. The Bertz CT molecular complexity index is 1010. The molecule has 33 heavy (non-hydrogen) atoms. The number of nitrogens with zero attached hydrogens (tertiary/aromatic N) is 2. The van der Waals surface area contributed by atoms with Gasteiger partial charge in [0.15, 0.2) is 0 Å². The summed E-state index contributed by atoms with van der Waals surface area (Å²) in [6, 6.07) is 11.9. The number of phenolic OH excluding ortho intramolecular Hbond substituents is 2. The topological polar surface area (TPSA) is 65.2 Å². The van der Waals surface area contributed by atoms with Crippen LogP contribution in [0.3, 0.4) is 0 Å².